The van der Waals surface area contributed by atoms with E-state index in [0.717, 1.165) is 12.5 Å². The van der Waals surface area contributed by atoms with Crippen molar-refractivity contribution in [3.05, 3.63) is 0 Å². The van der Waals surface area contributed by atoms with Gasteiger partial charge in [0.1, 0.15) is 6.29 Å². The highest BCUT2D eigenvalue weighted by Crippen LogP contribution is 2.42. The first-order chi connectivity index (χ1) is 10.3. The van der Waals surface area contributed by atoms with Crippen molar-refractivity contribution in [2.75, 3.05) is 13.7 Å². The summed E-state index contributed by atoms with van der Waals surface area (Å²) in [5.74, 6) is 0.729. The van der Waals surface area contributed by atoms with Crippen LogP contribution < -0.4 is 5.73 Å². The predicted molar refractivity (Wildman–Crippen MR) is 83.7 cm³/mol. The van der Waals surface area contributed by atoms with Crippen LogP contribution in [0.1, 0.15) is 57.8 Å². The summed E-state index contributed by atoms with van der Waals surface area (Å²) in [5, 5.41) is 0. The summed E-state index contributed by atoms with van der Waals surface area (Å²) in [5.41, 5.74) is 6.65. The van der Waals surface area contributed by atoms with E-state index < -0.39 is 0 Å². The molecule has 0 aromatic carbocycles. The molecular weight excluding hydrogens is 262 g/mol. The molecule has 2 saturated heterocycles. The molecule has 2 N–H and O–H groups in total. The van der Waals surface area contributed by atoms with E-state index in [-0.39, 0.29) is 6.29 Å². The maximum atomic E-state index is 6.65. The zero-order valence-electron chi connectivity index (χ0n) is 13.4. The molecule has 4 heteroatoms. The number of likely N-dealkylation sites (N-methyl/N-ethyl adjacent to an activating group) is 1. The van der Waals surface area contributed by atoms with Crippen molar-refractivity contribution in [1.82, 2.24) is 9.80 Å². The van der Waals surface area contributed by atoms with Gasteiger partial charge in [0.15, 0.2) is 0 Å². The standard InChI is InChI=1S/C17H31N3O/c1-19-14-7-3-4-8-15(14)20(17(19)18)13-10-11-21-16-9-5-2-6-12(13)16/h12-17H,2-11,18H2,1H3. The lowest BCUT2D eigenvalue weighted by atomic mass is 9.77. The second kappa shape index (κ2) is 5.80. The molecule has 6 unspecified atom stereocenters. The lowest BCUT2D eigenvalue weighted by Gasteiger charge is -2.48. The Morgan fingerprint density at radius 2 is 1.57 bits per heavy atom. The predicted octanol–water partition coefficient (Wildman–Crippen LogP) is 2.14. The van der Waals surface area contributed by atoms with Crippen LogP contribution in [0.15, 0.2) is 0 Å². The number of hydrogen-bond donors (Lipinski definition) is 1. The first-order valence-corrected chi connectivity index (χ1v) is 9.14. The number of nitrogens with zero attached hydrogens (tertiary/aromatic N) is 2. The van der Waals surface area contributed by atoms with Crippen molar-refractivity contribution < 1.29 is 4.74 Å². The molecule has 6 atom stereocenters. The summed E-state index contributed by atoms with van der Waals surface area (Å²) >= 11 is 0. The van der Waals surface area contributed by atoms with Gasteiger partial charge in [-0.05, 0) is 39.2 Å². The topological polar surface area (TPSA) is 41.7 Å². The minimum atomic E-state index is 0.128. The number of hydrogen-bond acceptors (Lipinski definition) is 4. The van der Waals surface area contributed by atoms with E-state index in [1.54, 1.807) is 0 Å². The monoisotopic (exact) mass is 293 g/mol. The van der Waals surface area contributed by atoms with E-state index in [1.807, 2.05) is 0 Å². The molecule has 21 heavy (non-hydrogen) atoms. The highest BCUT2D eigenvalue weighted by molar-refractivity contribution is 5.03. The molecule has 0 radical (unpaired) electrons. The minimum Gasteiger partial charge on any atom is -0.378 e. The Labute approximate surface area is 129 Å². The first-order valence-electron chi connectivity index (χ1n) is 9.14. The number of nitrogens with two attached hydrogens (primary N) is 1. The number of rotatable bonds is 1. The molecule has 120 valence electrons. The summed E-state index contributed by atoms with van der Waals surface area (Å²) in [7, 11) is 2.24. The van der Waals surface area contributed by atoms with E-state index in [4.69, 9.17) is 10.5 Å². The largest absolute Gasteiger partial charge is 0.378 e. The third kappa shape index (κ3) is 2.35. The number of fused-ring (bicyclic) bond motifs is 2. The normalized spacial score (nSPS) is 48.9. The third-order valence-electron chi connectivity index (χ3n) is 6.70. The van der Waals surface area contributed by atoms with Crippen molar-refractivity contribution in [3.63, 3.8) is 0 Å². The molecule has 4 fully saturated rings. The Balaban J connectivity index is 1.58. The van der Waals surface area contributed by atoms with Crippen LogP contribution in [0.5, 0.6) is 0 Å². The van der Waals surface area contributed by atoms with Gasteiger partial charge in [-0.2, -0.15) is 0 Å². The van der Waals surface area contributed by atoms with Gasteiger partial charge in [-0.15, -0.1) is 0 Å². The molecule has 4 nitrogen and oxygen atoms in total. The molecule has 2 aliphatic heterocycles. The smallest absolute Gasteiger partial charge is 0.115 e. The van der Waals surface area contributed by atoms with Crippen LogP contribution in [0, 0.1) is 5.92 Å². The van der Waals surface area contributed by atoms with E-state index in [2.05, 4.69) is 16.8 Å². The molecule has 4 aliphatic rings. The summed E-state index contributed by atoms with van der Waals surface area (Å²) in [6.07, 6.45) is 12.6. The van der Waals surface area contributed by atoms with Crippen LogP contribution in [0.4, 0.5) is 0 Å². The quantitative estimate of drug-likeness (QED) is 0.804. The van der Waals surface area contributed by atoms with Crippen molar-refractivity contribution in [2.24, 2.45) is 11.7 Å². The Bertz CT molecular complexity index is 375. The van der Waals surface area contributed by atoms with Gasteiger partial charge in [-0.1, -0.05) is 25.7 Å². The Kier molecular flexibility index (Phi) is 3.99. The van der Waals surface area contributed by atoms with Crippen molar-refractivity contribution >= 4 is 0 Å². The van der Waals surface area contributed by atoms with Gasteiger partial charge >= 0.3 is 0 Å². The van der Waals surface area contributed by atoms with Gasteiger partial charge in [-0.3, -0.25) is 9.80 Å². The second-order valence-electron chi connectivity index (χ2n) is 7.66. The zero-order chi connectivity index (χ0) is 14.4. The van der Waals surface area contributed by atoms with E-state index >= 15 is 0 Å². The zero-order valence-corrected chi connectivity index (χ0v) is 13.4. The van der Waals surface area contributed by atoms with Crippen molar-refractivity contribution in [1.29, 1.82) is 0 Å². The highest BCUT2D eigenvalue weighted by atomic mass is 16.5. The van der Waals surface area contributed by atoms with Gasteiger partial charge in [0.2, 0.25) is 0 Å². The van der Waals surface area contributed by atoms with Crippen molar-refractivity contribution in [3.8, 4) is 0 Å². The highest BCUT2D eigenvalue weighted by Gasteiger charge is 2.50. The molecular formula is C17H31N3O. The molecule has 0 aromatic rings. The van der Waals surface area contributed by atoms with Crippen LogP contribution >= 0.6 is 0 Å². The summed E-state index contributed by atoms with van der Waals surface area (Å²) in [6.45, 7) is 0.941. The Hall–Kier alpha value is -0.160. The van der Waals surface area contributed by atoms with Gasteiger partial charge in [0.25, 0.3) is 0 Å². The molecule has 2 saturated carbocycles. The van der Waals surface area contributed by atoms with Crippen LogP contribution in [0.2, 0.25) is 0 Å². The van der Waals surface area contributed by atoms with Crippen LogP contribution in [-0.2, 0) is 4.74 Å². The maximum absolute atomic E-state index is 6.65. The SMILES string of the molecule is CN1C2CCCCC2N(C2CCOC3CCCCC32)C1N. The lowest BCUT2D eigenvalue weighted by Crippen LogP contribution is -2.58. The third-order valence-corrected chi connectivity index (χ3v) is 6.70. The Morgan fingerprint density at radius 1 is 0.857 bits per heavy atom. The fourth-order valence-corrected chi connectivity index (χ4v) is 5.66. The number of ether oxygens (including phenoxy) is 1. The maximum Gasteiger partial charge on any atom is 0.115 e. The average molecular weight is 293 g/mol. The Morgan fingerprint density at radius 3 is 2.43 bits per heavy atom. The fraction of sp³-hybridized carbons (Fsp3) is 1.00. The molecule has 0 spiro atoms. The summed E-state index contributed by atoms with van der Waals surface area (Å²) in [4.78, 5) is 5.17. The van der Waals surface area contributed by atoms with Gasteiger partial charge in [0, 0.05) is 30.7 Å². The summed E-state index contributed by atoms with van der Waals surface area (Å²) in [6, 6.07) is 2.05. The molecule has 2 aliphatic carbocycles. The first kappa shape index (κ1) is 14.4. The van der Waals surface area contributed by atoms with Crippen molar-refractivity contribution in [2.45, 2.75) is 88.3 Å². The van der Waals surface area contributed by atoms with Gasteiger partial charge < -0.3 is 10.5 Å². The van der Waals surface area contributed by atoms with Crippen LogP contribution in [0.3, 0.4) is 0 Å². The molecule has 0 aromatic heterocycles. The van der Waals surface area contributed by atoms with E-state index in [1.165, 1.54) is 57.8 Å². The lowest BCUT2D eigenvalue weighted by molar-refractivity contribution is -0.105. The molecule has 0 amide bonds. The average Bonchev–Trinajstić information content (AvgIpc) is 2.79. The van der Waals surface area contributed by atoms with E-state index in [0.29, 0.717) is 24.2 Å². The van der Waals surface area contributed by atoms with Crippen LogP contribution in [-0.4, -0.2) is 54.0 Å². The minimum absolute atomic E-state index is 0.128. The van der Waals surface area contributed by atoms with Crippen LogP contribution in [0.25, 0.3) is 0 Å². The molecule has 0 bridgehead atoms. The van der Waals surface area contributed by atoms with Gasteiger partial charge in [-0.25, -0.2) is 0 Å². The molecule has 2 heterocycles. The summed E-state index contributed by atoms with van der Waals surface area (Å²) < 4.78 is 6.09. The van der Waals surface area contributed by atoms with Gasteiger partial charge in [0.05, 0.1) is 6.10 Å². The van der Waals surface area contributed by atoms with E-state index in [9.17, 15) is 0 Å². The second-order valence-corrected chi connectivity index (χ2v) is 7.66. The fourth-order valence-electron chi connectivity index (χ4n) is 5.66. The molecule has 4 rings (SSSR count).